The van der Waals surface area contributed by atoms with Crippen LogP contribution in [0.3, 0.4) is 0 Å². The lowest BCUT2D eigenvalue weighted by molar-refractivity contribution is -0.122. The van der Waals surface area contributed by atoms with Crippen molar-refractivity contribution in [2.45, 2.75) is 31.8 Å². The Kier molecular flexibility index (Phi) is 5.10. The van der Waals surface area contributed by atoms with Crippen LogP contribution >= 0.6 is 0 Å². The average molecular weight is 327 g/mol. The summed E-state index contributed by atoms with van der Waals surface area (Å²) < 4.78 is 0. The first-order valence-electron chi connectivity index (χ1n) is 8.13. The highest BCUT2D eigenvalue weighted by Crippen LogP contribution is 2.16. The van der Waals surface area contributed by atoms with Crippen LogP contribution in [0.5, 0.6) is 0 Å². The van der Waals surface area contributed by atoms with Crippen LogP contribution in [0.25, 0.3) is 11.3 Å². The van der Waals surface area contributed by atoms with E-state index < -0.39 is 6.04 Å². The van der Waals surface area contributed by atoms with Crippen molar-refractivity contribution in [3.05, 3.63) is 42.1 Å². The first kappa shape index (κ1) is 16.0. The van der Waals surface area contributed by atoms with Crippen molar-refractivity contribution in [2.75, 3.05) is 6.54 Å². The highest BCUT2D eigenvalue weighted by molar-refractivity contribution is 5.87. The van der Waals surface area contributed by atoms with Gasteiger partial charge in [0.1, 0.15) is 6.04 Å². The molecule has 24 heavy (non-hydrogen) atoms. The van der Waals surface area contributed by atoms with Crippen molar-refractivity contribution in [3.63, 3.8) is 0 Å². The standard InChI is InChI=1S/C17H21N5O2/c23-16-15(3-1-2-9-18-16)21-17(24)19-11-12-4-6-13(7-5-12)14-8-10-20-22-14/h4-8,10,15H,1-3,9,11H2,(H,18,23)(H,20,22)(H2,19,21,24)/t15-/m1/s1. The van der Waals surface area contributed by atoms with Crippen LogP contribution in [-0.2, 0) is 11.3 Å². The van der Waals surface area contributed by atoms with Crippen LogP contribution in [0.4, 0.5) is 4.79 Å². The molecule has 1 atom stereocenters. The Labute approximate surface area is 140 Å². The van der Waals surface area contributed by atoms with Crippen molar-refractivity contribution < 1.29 is 9.59 Å². The van der Waals surface area contributed by atoms with Gasteiger partial charge in [-0.3, -0.25) is 9.89 Å². The van der Waals surface area contributed by atoms with Crippen LogP contribution < -0.4 is 16.0 Å². The number of hydrogen-bond acceptors (Lipinski definition) is 3. The molecule has 2 heterocycles. The van der Waals surface area contributed by atoms with Gasteiger partial charge in [0.25, 0.3) is 0 Å². The predicted octanol–water partition coefficient (Wildman–Crippen LogP) is 1.54. The molecule has 3 amide bonds. The monoisotopic (exact) mass is 327 g/mol. The number of hydrogen-bond donors (Lipinski definition) is 4. The third-order valence-corrected chi connectivity index (χ3v) is 4.06. The van der Waals surface area contributed by atoms with Gasteiger partial charge >= 0.3 is 6.03 Å². The molecular formula is C17H21N5O2. The van der Waals surface area contributed by atoms with Crippen LogP contribution in [0.1, 0.15) is 24.8 Å². The Bertz CT molecular complexity index is 682. The molecule has 0 saturated carbocycles. The van der Waals surface area contributed by atoms with Gasteiger partial charge in [-0.2, -0.15) is 5.10 Å². The predicted molar refractivity (Wildman–Crippen MR) is 90.0 cm³/mol. The number of aromatic nitrogens is 2. The molecule has 1 fully saturated rings. The van der Waals surface area contributed by atoms with E-state index in [4.69, 9.17) is 0 Å². The Morgan fingerprint density at radius 1 is 1.21 bits per heavy atom. The van der Waals surface area contributed by atoms with E-state index in [1.807, 2.05) is 30.3 Å². The molecule has 0 aliphatic carbocycles. The Morgan fingerprint density at radius 3 is 2.79 bits per heavy atom. The van der Waals surface area contributed by atoms with Gasteiger partial charge in [0.15, 0.2) is 0 Å². The second-order valence-corrected chi connectivity index (χ2v) is 5.83. The van der Waals surface area contributed by atoms with Crippen molar-refractivity contribution in [2.24, 2.45) is 0 Å². The van der Waals surface area contributed by atoms with Gasteiger partial charge in [-0.1, -0.05) is 24.3 Å². The molecule has 126 valence electrons. The van der Waals surface area contributed by atoms with E-state index in [0.29, 0.717) is 19.5 Å². The average Bonchev–Trinajstić information content (AvgIpc) is 3.06. The molecule has 7 heteroatoms. The minimum atomic E-state index is -0.449. The second kappa shape index (κ2) is 7.63. The quantitative estimate of drug-likeness (QED) is 0.685. The molecule has 4 N–H and O–H groups in total. The molecule has 1 aromatic carbocycles. The van der Waals surface area contributed by atoms with E-state index >= 15 is 0 Å². The van der Waals surface area contributed by atoms with Crippen LogP contribution in [0.2, 0.25) is 0 Å². The largest absolute Gasteiger partial charge is 0.354 e. The summed E-state index contributed by atoms with van der Waals surface area (Å²) in [4.78, 5) is 23.8. The summed E-state index contributed by atoms with van der Waals surface area (Å²) in [6.45, 7) is 1.09. The number of aromatic amines is 1. The third kappa shape index (κ3) is 4.13. The number of amides is 3. The summed E-state index contributed by atoms with van der Waals surface area (Å²) in [5, 5.41) is 15.2. The van der Waals surface area contributed by atoms with Gasteiger partial charge in [-0.15, -0.1) is 0 Å². The van der Waals surface area contributed by atoms with Gasteiger partial charge in [0, 0.05) is 19.3 Å². The maximum atomic E-state index is 12.0. The third-order valence-electron chi connectivity index (χ3n) is 4.06. The fourth-order valence-corrected chi connectivity index (χ4v) is 2.69. The first-order valence-corrected chi connectivity index (χ1v) is 8.13. The fraction of sp³-hybridized carbons (Fsp3) is 0.353. The SMILES string of the molecule is O=C(NCc1ccc(-c2ccn[nH]2)cc1)N[C@@H]1CCCCNC1=O. The zero-order valence-electron chi connectivity index (χ0n) is 13.3. The minimum absolute atomic E-state index is 0.105. The molecule has 0 radical (unpaired) electrons. The normalized spacial score (nSPS) is 17.7. The van der Waals surface area contributed by atoms with Gasteiger partial charge < -0.3 is 16.0 Å². The molecule has 1 aliphatic rings. The van der Waals surface area contributed by atoms with E-state index in [2.05, 4.69) is 26.1 Å². The Morgan fingerprint density at radius 2 is 2.04 bits per heavy atom. The smallest absolute Gasteiger partial charge is 0.315 e. The van der Waals surface area contributed by atoms with Crippen molar-refractivity contribution >= 4 is 11.9 Å². The lowest BCUT2D eigenvalue weighted by Gasteiger charge is -2.15. The van der Waals surface area contributed by atoms with E-state index in [-0.39, 0.29) is 11.9 Å². The molecule has 1 saturated heterocycles. The summed E-state index contributed by atoms with van der Waals surface area (Å²) in [6, 6.07) is 8.98. The molecule has 1 aromatic heterocycles. The zero-order chi connectivity index (χ0) is 16.8. The van der Waals surface area contributed by atoms with Crippen molar-refractivity contribution in [3.8, 4) is 11.3 Å². The summed E-state index contributed by atoms with van der Waals surface area (Å²) in [5.41, 5.74) is 2.97. The first-order chi connectivity index (χ1) is 11.7. The van der Waals surface area contributed by atoms with Crippen LogP contribution in [0, 0.1) is 0 Å². The lowest BCUT2D eigenvalue weighted by Crippen LogP contribution is -2.48. The molecule has 0 bridgehead atoms. The number of benzene rings is 1. The highest BCUT2D eigenvalue weighted by Gasteiger charge is 2.21. The number of urea groups is 1. The highest BCUT2D eigenvalue weighted by atomic mass is 16.2. The van der Waals surface area contributed by atoms with E-state index in [0.717, 1.165) is 29.7 Å². The molecule has 2 aromatic rings. The van der Waals surface area contributed by atoms with Crippen molar-refractivity contribution in [1.29, 1.82) is 0 Å². The molecular weight excluding hydrogens is 306 g/mol. The zero-order valence-corrected chi connectivity index (χ0v) is 13.3. The number of nitrogens with one attached hydrogen (secondary N) is 4. The maximum absolute atomic E-state index is 12.0. The summed E-state index contributed by atoms with van der Waals surface area (Å²) in [6.07, 6.45) is 4.27. The topological polar surface area (TPSA) is 98.9 Å². The number of carbonyl (C=O) groups is 2. The summed E-state index contributed by atoms with van der Waals surface area (Å²) in [7, 11) is 0. The summed E-state index contributed by atoms with van der Waals surface area (Å²) in [5.74, 6) is -0.105. The number of rotatable bonds is 4. The molecule has 3 rings (SSSR count). The van der Waals surface area contributed by atoms with E-state index in [9.17, 15) is 9.59 Å². The van der Waals surface area contributed by atoms with E-state index in [1.54, 1.807) is 6.20 Å². The number of nitrogens with zero attached hydrogens (tertiary/aromatic N) is 1. The van der Waals surface area contributed by atoms with Gasteiger partial charge in [0.2, 0.25) is 5.91 Å². The molecule has 1 aliphatic heterocycles. The van der Waals surface area contributed by atoms with Gasteiger partial charge in [-0.05, 0) is 36.5 Å². The Balaban J connectivity index is 1.50. The van der Waals surface area contributed by atoms with E-state index in [1.165, 1.54) is 0 Å². The van der Waals surface area contributed by atoms with Crippen LogP contribution in [0.15, 0.2) is 36.5 Å². The number of H-pyrrole nitrogens is 1. The molecule has 7 nitrogen and oxygen atoms in total. The van der Waals surface area contributed by atoms with Crippen molar-refractivity contribution in [1.82, 2.24) is 26.1 Å². The molecule has 0 spiro atoms. The van der Waals surface area contributed by atoms with Gasteiger partial charge in [0.05, 0.1) is 5.69 Å². The molecule has 0 unspecified atom stereocenters. The minimum Gasteiger partial charge on any atom is -0.354 e. The summed E-state index contributed by atoms with van der Waals surface area (Å²) >= 11 is 0. The van der Waals surface area contributed by atoms with Gasteiger partial charge in [-0.25, -0.2) is 4.79 Å². The lowest BCUT2D eigenvalue weighted by atomic mass is 10.1. The maximum Gasteiger partial charge on any atom is 0.315 e. The second-order valence-electron chi connectivity index (χ2n) is 5.83. The Hall–Kier alpha value is -2.83. The fourth-order valence-electron chi connectivity index (χ4n) is 2.69. The number of carbonyl (C=O) groups excluding carboxylic acids is 2. The van der Waals surface area contributed by atoms with Crippen LogP contribution in [-0.4, -0.2) is 34.7 Å².